The van der Waals surface area contributed by atoms with Crippen LogP contribution < -0.4 is 5.43 Å². The van der Waals surface area contributed by atoms with Crippen molar-refractivity contribution >= 4 is 38.8 Å². The molecular formula is C26H17BrFNO5. The molecule has 5 rings (SSSR count). The molecule has 0 bridgehead atoms. The lowest BCUT2D eigenvalue weighted by Gasteiger charge is -2.25. The average molecular weight is 522 g/mol. The fourth-order valence-electron chi connectivity index (χ4n) is 4.21. The predicted octanol–water partition coefficient (Wildman–Crippen LogP) is 5.23. The topological polar surface area (TPSA) is 76.8 Å². The summed E-state index contributed by atoms with van der Waals surface area (Å²) in [5, 5.41) is 0.348. The first kappa shape index (κ1) is 22.0. The Bertz CT molecular complexity index is 1500. The van der Waals surface area contributed by atoms with Crippen LogP contribution in [0, 0.1) is 5.82 Å². The fraction of sp³-hybridized carbons (Fsp3) is 0.115. The van der Waals surface area contributed by atoms with Crippen LogP contribution in [0.15, 0.2) is 80.4 Å². The molecule has 6 nitrogen and oxygen atoms in total. The molecule has 0 spiro atoms. The minimum Gasteiger partial charge on any atom is -0.465 e. The summed E-state index contributed by atoms with van der Waals surface area (Å²) < 4.78 is 24.8. The number of carbonyl (C=O) groups excluding carboxylic acids is 2. The molecule has 1 aliphatic rings. The number of methoxy groups -OCH3 is 1. The number of fused-ring (bicyclic) bond motifs is 2. The van der Waals surface area contributed by atoms with Crippen LogP contribution in [-0.4, -0.2) is 23.9 Å². The monoisotopic (exact) mass is 521 g/mol. The number of ether oxygens (including phenoxy) is 1. The number of rotatable bonds is 4. The van der Waals surface area contributed by atoms with Crippen LogP contribution in [0.5, 0.6) is 0 Å². The van der Waals surface area contributed by atoms with E-state index in [9.17, 15) is 18.8 Å². The van der Waals surface area contributed by atoms with Crippen LogP contribution >= 0.6 is 15.9 Å². The smallest absolute Gasteiger partial charge is 0.337 e. The van der Waals surface area contributed by atoms with E-state index in [2.05, 4.69) is 15.9 Å². The second-order valence-corrected chi connectivity index (χ2v) is 8.81. The summed E-state index contributed by atoms with van der Waals surface area (Å²) in [6.07, 6.45) is 0. The average Bonchev–Trinajstić information content (AvgIpc) is 3.12. The van der Waals surface area contributed by atoms with Gasteiger partial charge in [-0.2, -0.15) is 0 Å². The maximum absolute atomic E-state index is 13.6. The maximum atomic E-state index is 13.6. The van der Waals surface area contributed by atoms with Gasteiger partial charge in [0.05, 0.1) is 29.7 Å². The lowest BCUT2D eigenvalue weighted by atomic mass is 9.97. The summed E-state index contributed by atoms with van der Waals surface area (Å²) in [7, 11) is 1.29. The quantitative estimate of drug-likeness (QED) is 0.344. The third-order valence-electron chi connectivity index (χ3n) is 5.84. The lowest BCUT2D eigenvalue weighted by molar-refractivity contribution is 0.0599. The lowest BCUT2D eigenvalue weighted by Crippen LogP contribution is -2.29. The molecule has 0 saturated heterocycles. The SMILES string of the molecule is COC(=O)c1ccc(C2c3c(oc4ccc(Br)cc4c3=O)C(=O)N2Cc2ccc(F)cc2)cc1. The van der Waals surface area contributed by atoms with Gasteiger partial charge in [-0.1, -0.05) is 40.2 Å². The Morgan fingerprint density at radius 1 is 1.06 bits per heavy atom. The molecule has 0 fully saturated rings. The normalized spacial score (nSPS) is 15.0. The Balaban J connectivity index is 1.68. The van der Waals surface area contributed by atoms with E-state index >= 15 is 0 Å². The number of esters is 1. The molecule has 1 unspecified atom stereocenters. The molecule has 170 valence electrons. The van der Waals surface area contributed by atoms with Crippen LogP contribution in [0.1, 0.15) is 43.6 Å². The number of nitrogens with zero attached hydrogens (tertiary/aromatic N) is 1. The molecule has 0 aliphatic carbocycles. The van der Waals surface area contributed by atoms with Crippen molar-refractivity contribution in [3.63, 3.8) is 0 Å². The van der Waals surface area contributed by atoms with E-state index in [0.717, 1.165) is 0 Å². The summed E-state index contributed by atoms with van der Waals surface area (Å²) >= 11 is 3.38. The van der Waals surface area contributed by atoms with Gasteiger partial charge in [0.15, 0.2) is 5.43 Å². The van der Waals surface area contributed by atoms with E-state index < -0.39 is 17.9 Å². The molecule has 3 aromatic carbocycles. The van der Waals surface area contributed by atoms with Gasteiger partial charge in [-0.25, -0.2) is 9.18 Å². The molecule has 34 heavy (non-hydrogen) atoms. The number of carbonyl (C=O) groups is 2. The highest BCUT2D eigenvalue weighted by atomic mass is 79.9. The van der Waals surface area contributed by atoms with Gasteiger partial charge in [0, 0.05) is 11.0 Å². The third kappa shape index (κ3) is 3.70. The molecule has 1 amide bonds. The van der Waals surface area contributed by atoms with Crippen molar-refractivity contribution in [2.24, 2.45) is 0 Å². The molecule has 1 atom stereocenters. The molecule has 8 heteroatoms. The minimum atomic E-state index is -0.751. The van der Waals surface area contributed by atoms with Crippen LogP contribution in [0.4, 0.5) is 4.39 Å². The predicted molar refractivity (Wildman–Crippen MR) is 126 cm³/mol. The summed E-state index contributed by atoms with van der Waals surface area (Å²) in [5.41, 5.74) is 1.89. The van der Waals surface area contributed by atoms with Crippen LogP contribution in [-0.2, 0) is 11.3 Å². The standard InChI is InChI=1S/C26H17BrFNO5/c1-33-26(32)16-6-4-15(5-7-16)22-21-23(30)19-12-17(27)8-11-20(19)34-24(21)25(31)29(22)13-14-2-9-18(28)10-3-14/h2-12,22H,13H2,1H3. The molecule has 1 aliphatic heterocycles. The summed E-state index contributed by atoms with van der Waals surface area (Å²) in [6, 6.07) is 16.6. The first-order valence-electron chi connectivity index (χ1n) is 10.4. The number of amides is 1. The van der Waals surface area contributed by atoms with Crippen LogP contribution in [0.25, 0.3) is 11.0 Å². The number of hydrogen-bond donors (Lipinski definition) is 0. The Morgan fingerprint density at radius 3 is 2.44 bits per heavy atom. The van der Waals surface area contributed by atoms with E-state index in [4.69, 9.17) is 9.15 Å². The molecular weight excluding hydrogens is 505 g/mol. The second kappa shape index (κ2) is 8.53. The Kier molecular flexibility index (Phi) is 5.53. The second-order valence-electron chi connectivity index (χ2n) is 7.89. The molecule has 1 aromatic heterocycles. The number of benzene rings is 3. The van der Waals surface area contributed by atoms with Gasteiger partial charge >= 0.3 is 5.97 Å². The fourth-order valence-corrected chi connectivity index (χ4v) is 4.57. The van der Waals surface area contributed by atoms with Crippen LogP contribution in [0.2, 0.25) is 0 Å². The van der Waals surface area contributed by atoms with Crippen molar-refractivity contribution < 1.29 is 23.1 Å². The summed E-state index contributed by atoms with van der Waals surface area (Å²) in [5.74, 6) is -1.34. The van der Waals surface area contributed by atoms with Crippen molar-refractivity contribution in [1.82, 2.24) is 4.90 Å². The molecule has 4 aromatic rings. The van der Waals surface area contributed by atoms with Crippen molar-refractivity contribution in [2.75, 3.05) is 7.11 Å². The zero-order chi connectivity index (χ0) is 24.0. The van der Waals surface area contributed by atoms with E-state index in [1.807, 2.05) is 0 Å². The van der Waals surface area contributed by atoms with Gasteiger partial charge in [-0.05, 0) is 53.6 Å². The van der Waals surface area contributed by atoms with E-state index in [1.165, 1.54) is 24.1 Å². The highest BCUT2D eigenvalue weighted by Crippen LogP contribution is 2.39. The van der Waals surface area contributed by atoms with Crippen molar-refractivity contribution in [3.8, 4) is 0 Å². The molecule has 2 heterocycles. The van der Waals surface area contributed by atoms with Crippen LogP contribution in [0.3, 0.4) is 0 Å². The van der Waals surface area contributed by atoms with Crippen molar-refractivity contribution in [3.05, 3.63) is 115 Å². The van der Waals surface area contributed by atoms with E-state index in [-0.39, 0.29) is 29.1 Å². The zero-order valence-corrected chi connectivity index (χ0v) is 19.5. The maximum Gasteiger partial charge on any atom is 0.337 e. The highest BCUT2D eigenvalue weighted by molar-refractivity contribution is 9.10. The first-order chi connectivity index (χ1) is 16.4. The molecule has 0 radical (unpaired) electrons. The third-order valence-corrected chi connectivity index (χ3v) is 6.33. The highest BCUT2D eigenvalue weighted by Gasteiger charge is 2.42. The van der Waals surface area contributed by atoms with Gasteiger partial charge in [-0.3, -0.25) is 9.59 Å². The molecule has 0 N–H and O–H groups in total. The van der Waals surface area contributed by atoms with Gasteiger partial charge in [0.1, 0.15) is 11.4 Å². The largest absolute Gasteiger partial charge is 0.465 e. The van der Waals surface area contributed by atoms with Gasteiger partial charge < -0.3 is 14.1 Å². The Morgan fingerprint density at radius 2 is 1.76 bits per heavy atom. The summed E-state index contributed by atoms with van der Waals surface area (Å²) in [6.45, 7) is 0.131. The van der Waals surface area contributed by atoms with Gasteiger partial charge in [-0.15, -0.1) is 0 Å². The Hall–Kier alpha value is -3.78. The summed E-state index contributed by atoms with van der Waals surface area (Å²) in [4.78, 5) is 40.4. The Labute approximate surface area is 201 Å². The number of hydrogen-bond acceptors (Lipinski definition) is 5. The van der Waals surface area contributed by atoms with E-state index in [0.29, 0.717) is 32.1 Å². The van der Waals surface area contributed by atoms with Gasteiger partial charge in [0.25, 0.3) is 5.91 Å². The van der Waals surface area contributed by atoms with Gasteiger partial charge in [0.2, 0.25) is 5.76 Å². The zero-order valence-electron chi connectivity index (χ0n) is 17.9. The van der Waals surface area contributed by atoms with E-state index in [1.54, 1.807) is 54.6 Å². The molecule has 0 saturated carbocycles. The van der Waals surface area contributed by atoms with Crippen molar-refractivity contribution in [2.45, 2.75) is 12.6 Å². The number of halogens is 2. The van der Waals surface area contributed by atoms with Crippen molar-refractivity contribution in [1.29, 1.82) is 0 Å². The minimum absolute atomic E-state index is 0.0241. The first-order valence-corrected chi connectivity index (χ1v) is 11.2.